The van der Waals surface area contributed by atoms with Crippen LogP contribution in [-0.2, 0) is 4.79 Å². The van der Waals surface area contributed by atoms with E-state index in [1.165, 1.54) is 11.8 Å². The molecule has 0 saturated carbocycles. The van der Waals surface area contributed by atoms with Gasteiger partial charge in [0.15, 0.2) is 5.16 Å². The summed E-state index contributed by atoms with van der Waals surface area (Å²) >= 11 is 7.22. The quantitative estimate of drug-likeness (QED) is 0.699. The third-order valence-corrected chi connectivity index (χ3v) is 4.37. The largest absolute Gasteiger partial charge is 0.333 e. The molecule has 2 N–H and O–H groups in total. The molecule has 0 saturated heterocycles. The second-order valence-corrected chi connectivity index (χ2v) is 6.58. The Morgan fingerprint density at radius 1 is 1.23 bits per heavy atom. The maximum absolute atomic E-state index is 12.2. The number of hydrogen-bond donors (Lipinski definition) is 2. The molecule has 0 unspecified atom stereocenters. The number of thioether (sulfide) groups is 1. The molecule has 22 heavy (non-hydrogen) atoms. The van der Waals surface area contributed by atoms with Crippen LogP contribution in [0.2, 0.25) is 5.02 Å². The molecular formula is C16H14ClN3OS. The Bertz CT molecular complexity index is 768. The molecule has 0 aliphatic heterocycles. The van der Waals surface area contributed by atoms with Crippen molar-refractivity contribution in [3.63, 3.8) is 0 Å². The van der Waals surface area contributed by atoms with Crippen molar-refractivity contribution >= 4 is 46.0 Å². The lowest BCUT2D eigenvalue weighted by molar-refractivity contribution is -0.115. The standard InChI is InChI=1S/C16H14ClN3OS/c1-10(15(21)18-12-8-6-11(17)7-9-12)22-16-19-13-4-2-3-5-14(13)20-16/h2-10H,1H3,(H,18,21)(H,19,20)/t10-/m1/s1. The molecule has 112 valence electrons. The van der Waals surface area contributed by atoms with Gasteiger partial charge in [-0.2, -0.15) is 0 Å². The molecule has 1 atom stereocenters. The predicted molar refractivity (Wildman–Crippen MR) is 91.5 cm³/mol. The first-order valence-corrected chi connectivity index (χ1v) is 8.05. The fourth-order valence-corrected chi connectivity index (χ4v) is 2.93. The summed E-state index contributed by atoms with van der Waals surface area (Å²) in [5.41, 5.74) is 2.59. The summed E-state index contributed by atoms with van der Waals surface area (Å²) in [6.45, 7) is 1.85. The molecule has 1 heterocycles. The number of fused-ring (bicyclic) bond motifs is 1. The third-order valence-electron chi connectivity index (χ3n) is 3.14. The molecule has 6 heteroatoms. The van der Waals surface area contributed by atoms with Crippen molar-refractivity contribution in [3.05, 3.63) is 53.6 Å². The van der Waals surface area contributed by atoms with Crippen molar-refractivity contribution in [2.45, 2.75) is 17.3 Å². The van der Waals surface area contributed by atoms with Crippen LogP contribution in [-0.4, -0.2) is 21.1 Å². The Kier molecular flexibility index (Phi) is 4.36. The summed E-state index contributed by atoms with van der Waals surface area (Å²) < 4.78 is 0. The smallest absolute Gasteiger partial charge is 0.237 e. The highest BCUT2D eigenvalue weighted by Crippen LogP contribution is 2.24. The van der Waals surface area contributed by atoms with Crippen LogP contribution in [0.3, 0.4) is 0 Å². The van der Waals surface area contributed by atoms with Crippen molar-refractivity contribution in [1.29, 1.82) is 0 Å². The molecule has 0 radical (unpaired) electrons. The normalized spacial score (nSPS) is 12.3. The Labute approximate surface area is 137 Å². The molecule has 0 bridgehead atoms. The van der Waals surface area contributed by atoms with Crippen LogP contribution in [0.1, 0.15) is 6.92 Å². The third kappa shape index (κ3) is 3.43. The number of hydrogen-bond acceptors (Lipinski definition) is 3. The van der Waals surface area contributed by atoms with Gasteiger partial charge in [0, 0.05) is 10.7 Å². The maximum atomic E-state index is 12.2. The lowest BCUT2D eigenvalue weighted by Crippen LogP contribution is -2.22. The summed E-state index contributed by atoms with van der Waals surface area (Å²) in [5, 5.41) is 3.97. The molecule has 1 aromatic heterocycles. The zero-order valence-corrected chi connectivity index (χ0v) is 13.4. The first-order chi connectivity index (χ1) is 10.6. The van der Waals surface area contributed by atoms with Crippen LogP contribution in [0.4, 0.5) is 5.69 Å². The average Bonchev–Trinajstić information content (AvgIpc) is 2.91. The highest BCUT2D eigenvalue weighted by Gasteiger charge is 2.16. The SMILES string of the molecule is C[C@@H](Sc1nc2ccccc2[nH]1)C(=O)Nc1ccc(Cl)cc1. The van der Waals surface area contributed by atoms with Gasteiger partial charge in [0.1, 0.15) is 0 Å². The molecule has 0 aliphatic carbocycles. The van der Waals surface area contributed by atoms with Gasteiger partial charge in [0.25, 0.3) is 0 Å². The number of carbonyl (C=O) groups is 1. The lowest BCUT2D eigenvalue weighted by atomic mass is 10.3. The van der Waals surface area contributed by atoms with E-state index in [0.717, 1.165) is 21.9 Å². The van der Waals surface area contributed by atoms with Crippen molar-refractivity contribution in [2.75, 3.05) is 5.32 Å². The van der Waals surface area contributed by atoms with Gasteiger partial charge in [0.2, 0.25) is 5.91 Å². The van der Waals surface area contributed by atoms with Crippen molar-refractivity contribution in [3.8, 4) is 0 Å². The van der Waals surface area contributed by atoms with Crippen LogP contribution >= 0.6 is 23.4 Å². The fourth-order valence-electron chi connectivity index (χ4n) is 1.98. The fraction of sp³-hybridized carbons (Fsp3) is 0.125. The minimum atomic E-state index is -0.267. The number of benzene rings is 2. The van der Waals surface area contributed by atoms with E-state index in [1.54, 1.807) is 24.3 Å². The van der Waals surface area contributed by atoms with Crippen LogP contribution < -0.4 is 5.32 Å². The summed E-state index contributed by atoms with van der Waals surface area (Å²) in [6, 6.07) is 14.8. The number of imidazole rings is 1. The number of nitrogens with one attached hydrogen (secondary N) is 2. The van der Waals surface area contributed by atoms with Gasteiger partial charge < -0.3 is 10.3 Å². The highest BCUT2D eigenvalue weighted by molar-refractivity contribution is 8.00. The molecule has 3 rings (SSSR count). The van der Waals surface area contributed by atoms with Gasteiger partial charge >= 0.3 is 0 Å². The number of halogens is 1. The number of aromatic nitrogens is 2. The van der Waals surface area contributed by atoms with Gasteiger partial charge in [-0.3, -0.25) is 4.79 Å². The van der Waals surface area contributed by atoms with Gasteiger partial charge in [-0.05, 0) is 43.3 Å². The zero-order chi connectivity index (χ0) is 15.5. The lowest BCUT2D eigenvalue weighted by Gasteiger charge is -2.10. The van der Waals surface area contributed by atoms with E-state index in [1.807, 2.05) is 31.2 Å². The van der Waals surface area contributed by atoms with Gasteiger partial charge in [-0.25, -0.2) is 4.98 Å². The van der Waals surface area contributed by atoms with Crippen LogP contribution in [0.15, 0.2) is 53.7 Å². The number of anilines is 1. The van der Waals surface area contributed by atoms with E-state index < -0.39 is 0 Å². The van der Waals surface area contributed by atoms with Crippen molar-refractivity contribution in [2.24, 2.45) is 0 Å². The summed E-state index contributed by atoms with van der Waals surface area (Å²) in [5.74, 6) is -0.0761. The van der Waals surface area contributed by atoms with Crippen LogP contribution in [0, 0.1) is 0 Å². The molecular weight excluding hydrogens is 318 g/mol. The molecule has 0 spiro atoms. The Morgan fingerprint density at radius 3 is 2.68 bits per heavy atom. The highest BCUT2D eigenvalue weighted by atomic mass is 35.5. The zero-order valence-electron chi connectivity index (χ0n) is 11.8. The monoisotopic (exact) mass is 331 g/mol. The molecule has 0 aliphatic rings. The molecule has 1 amide bonds. The van der Waals surface area contributed by atoms with Gasteiger partial charge in [0.05, 0.1) is 16.3 Å². The Hall–Kier alpha value is -1.98. The van der Waals surface area contributed by atoms with Gasteiger partial charge in [-0.15, -0.1) is 0 Å². The average molecular weight is 332 g/mol. The van der Waals surface area contributed by atoms with E-state index in [2.05, 4.69) is 15.3 Å². The second kappa shape index (κ2) is 6.42. The minimum absolute atomic E-state index is 0.0761. The first-order valence-electron chi connectivity index (χ1n) is 6.79. The second-order valence-electron chi connectivity index (χ2n) is 4.82. The molecule has 4 nitrogen and oxygen atoms in total. The number of carbonyl (C=O) groups excluding carboxylic acids is 1. The van der Waals surface area contributed by atoms with Crippen molar-refractivity contribution < 1.29 is 4.79 Å². The van der Waals surface area contributed by atoms with E-state index >= 15 is 0 Å². The number of amides is 1. The summed E-state index contributed by atoms with van der Waals surface area (Å²) in [4.78, 5) is 19.9. The Morgan fingerprint density at radius 2 is 1.95 bits per heavy atom. The van der Waals surface area contributed by atoms with E-state index in [0.29, 0.717) is 5.02 Å². The predicted octanol–water partition coefficient (Wildman–Crippen LogP) is 4.34. The summed E-state index contributed by atoms with van der Waals surface area (Å²) in [7, 11) is 0. The Balaban J connectivity index is 1.66. The van der Waals surface area contributed by atoms with Crippen LogP contribution in [0.5, 0.6) is 0 Å². The minimum Gasteiger partial charge on any atom is -0.333 e. The molecule has 2 aromatic carbocycles. The molecule has 0 fully saturated rings. The number of aromatic amines is 1. The maximum Gasteiger partial charge on any atom is 0.237 e. The van der Waals surface area contributed by atoms with Crippen molar-refractivity contribution in [1.82, 2.24) is 9.97 Å². The topological polar surface area (TPSA) is 57.8 Å². The first kappa shape index (κ1) is 14.9. The number of rotatable bonds is 4. The van der Waals surface area contributed by atoms with E-state index in [9.17, 15) is 4.79 Å². The number of nitrogens with zero attached hydrogens (tertiary/aromatic N) is 1. The van der Waals surface area contributed by atoms with E-state index in [4.69, 9.17) is 11.6 Å². The number of H-pyrrole nitrogens is 1. The number of para-hydroxylation sites is 2. The van der Waals surface area contributed by atoms with Crippen LogP contribution in [0.25, 0.3) is 11.0 Å². The summed E-state index contributed by atoms with van der Waals surface area (Å²) in [6.07, 6.45) is 0. The van der Waals surface area contributed by atoms with E-state index in [-0.39, 0.29) is 11.2 Å². The van der Waals surface area contributed by atoms with Gasteiger partial charge in [-0.1, -0.05) is 35.5 Å². The molecule has 3 aromatic rings.